The van der Waals surface area contributed by atoms with Crippen molar-refractivity contribution in [2.45, 2.75) is 96.1 Å². The molecule has 2 saturated heterocycles. The van der Waals surface area contributed by atoms with E-state index in [1.165, 1.54) is 35.9 Å². The molecule has 1 aromatic carbocycles. The van der Waals surface area contributed by atoms with E-state index in [-0.39, 0.29) is 25.7 Å². The number of hydrogen-bond donors (Lipinski definition) is 2. The van der Waals surface area contributed by atoms with Crippen LogP contribution in [0.4, 0.5) is 18.0 Å². The first-order chi connectivity index (χ1) is 19.4. The Morgan fingerprint density at radius 1 is 1.10 bits per heavy atom. The van der Waals surface area contributed by atoms with Crippen LogP contribution < -0.4 is 10.6 Å². The molecule has 0 saturated carbocycles. The minimum atomic E-state index is -3.03. The van der Waals surface area contributed by atoms with Crippen molar-refractivity contribution in [1.29, 1.82) is 0 Å². The number of fused-ring (bicyclic) bond motifs is 1. The fourth-order valence-corrected chi connectivity index (χ4v) is 5.21. The van der Waals surface area contributed by atoms with E-state index in [2.05, 4.69) is 10.6 Å². The lowest BCUT2D eigenvalue weighted by Gasteiger charge is -2.39. The maximum Gasteiger partial charge on any atom is 0.410 e. The molecule has 2 heterocycles. The second kappa shape index (κ2) is 13.3. The molecule has 0 radical (unpaired) electrons. The van der Waals surface area contributed by atoms with Crippen molar-refractivity contribution >= 4 is 23.8 Å². The van der Waals surface area contributed by atoms with Crippen LogP contribution in [-0.2, 0) is 25.7 Å². The highest BCUT2D eigenvalue weighted by atomic mass is 19.3. The zero-order chi connectivity index (χ0) is 31.4. The predicted octanol–water partition coefficient (Wildman–Crippen LogP) is 2.90. The summed E-state index contributed by atoms with van der Waals surface area (Å²) in [6.07, 6.45) is 0.518. The van der Waals surface area contributed by atoms with E-state index in [4.69, 9.17) is 4.74 Å². The number of carbonyl (C=O) groups excluding carboxylic acids is 4. The van der Waals surface area contributed by atoms with Crippen LogP contribution >= 0.6 is 0 Å². The first kappa shape index (κ1) is 33.2. The largest absolute Gasteiger partial charge is 0.444 e. The van der Waals surface area contributed by atoms with Gasteiger partial charge in [-0.2, -0.15) is 0 Å². The van der Waals surface area contributed by atoms with Crippen molar-refractivity contribution in [3.63, 3.8) is 0 Å². The number of carbonyl (C=O) groups is 4. The van der Waals surface area contributed by atoms with Gasteiger partial charge in [0.25, 0.3) is 5.92 Å². The maximum atomic E-state index is 14.0. The number of benzene rings is 1. The zero-order valence-electron chi connectivity index (χ0n) is 25.1. The van der Waals surface area contributed by atoms with E-state index in [0.717, 1.165) is 11.8 Å². The van der Waals surface area contributed by atoms with E-state index in [0.29, 0.717) is 24.8 Å². The van der Waals surface area contributed by atoms with Gasteiger partial charge in [-0.05, 0) is 64.7 Å². The van der Waals surface area contributed by atoms with Gasteiger partial charge in [-0.3, -0.25) is 24.2 Å². The quantitative estimate of drug-likeness (QED) is 0.477. The summed E-state index contributed by atoms with van der Waals surface area (Å²) in [5.74, 6) is -5.04. The summed E-state index contributed by atoms with van der Waals surface area (Å²) in [5.41, 5.74) is -0.109. The number of nitrogens with zero attached hydrogens (tertiary/aromatic N) is 3. The molecular formula is C29H42F3N5O5. The third-order valence-electron chi connectivity index (χ3n) is 7.42. The van der Waals surface area contributed by atoms with Crippen molar-refractivity contribution < 1.29 is 37.1 Å². The maximum absolute atomic E-state index is 14.0. The highest BCUT2D eigenvalue weighted by Gasteiger charge is 2.46. The van der Waals surface area contributed by atoms with E-state index in [9.17, 15) is 32.3 Å². The Morgan fingerprint density at radius 2 is 1.74 bits per heavy atom. The Bertz CT molecular complexity index is 1140. The predicted molar refractivity (Wildman–Crippen MR) is 149 cm³/mol. The zero-order valence-corrected chi connectivity index (χ0v) is 25.1. The van der Waals surface area contributed by atoms with Gasteiger partial charge >= 0.3 is 6.09 Å². The van der Waals surface area contributed by atoms with Crippen molar-refractivity contribution in [1.82, 2.24) is 25.3 Å². The van der Waals surface area contributed by atoms with Gasteiger partial charge in [0.15, 0.2) is 0 Å². The molecule has 0 aromatic heterocycles. The van der Waals surface area contributed by atoms with Gasteiger partial charge in [-0.15, -0.1) is 0 Å². The SMILES string of the molecule is C[C@@H](C(=O)N[C@H]1CN(CC(C)(F)F)CC[C@H]2CC[C@@H](C(=O)NCc3ccc(F)cc3)N2C1=O)N(C)C(=O)OC(C)(C)C. The van der Waals surface area contributed by atoms with Crippen LogP contribution in [0, 0.1) is 5.82 Å². The Morgan fingerprint density at radius 3 is 2.33 bits per heavy atom. The molecule has 0 aliphatic carbocycles. The number of ether oxygens (including phenoxy) is 1. The second-order valence-corrected chi connectivity index (χ2v) is 12.3. The summed E-state index contributed by atoms with van der Waals surface area (Å²) in [7, 11) is 1.39. The van der Waals surface area contributed by atoms with Gasteiger partial charge in [-0.1, -0.05) is 12.1 Å². The van der Waals surface area contributed by atoms with Crippen LogP contribution in [0.25, 0.3) is 0 Å². The van der Waals surface area contributed by atoms with Gasteiger partial charge in [0.2, 0.25) is 17.7 Å². The standard InChI is InChI=1S/C29H42F3N5O5/c1-18(35(6)27(41)42-28(2,3)4)24(38)34-22-16-36(17-29(5,31)32)14-13-21-11-12-23(37(21)26(22)40)25(39)33-15-19-7-9-20(30)10-8-19/h7-10,18,21-23H,11-17H2,1-6H3,(H,33,39)(H,34,38)/t18-,21+,22-,23-/m0/s1. The first-order valence-electron chi connectivity index (χ1n) is 14.2. The van der Waals surface area contributed by atoms with Gasteiger partial charge in [0.05, 0.1) is 6.54 Å². The lowest BCUT2D eigenvalue weighted by atomic mass is 10.1. The third-order valence-corrected chi connectivity index (χ3v) is 7.42. The van der Waals surface area contributed by atoms with Gasteiger partial charge in [-0.25, -0.2) is 18.0 Å². The van der Waals surface area contributed by atoms with Crippen LogP contribution in [-0.4, -0.2) is 101 Å². The van der Waals surface area contributed by atoms with Crippen molar-refractivity contribution in [3.05, 3.63) is 35.6 Å². The molecule has 4 amide bonds. The van der Waals surface area contributed by atoms with Crippen LogP contribution in [0.1, 0.15) is 59.4 Å². The van der Waals surface area contributed by atoms with Gasteiger partial charge in [0, 0.05) is 39.6 Å². The van der Waals surface area contributed by atoms with Crippen LogP contribution in [0.2, 0.25) is 0 Å². The highest BCUT2D eigenvalue weighted by molar-refractivity contribution is 5.94. The Kier molecular flexibility index (Phi) is 10.5. The highest BCUT2D eigenvalue weighted by Crippen LogP contribution is 2.30. The molecule has 2 aliphatic rings. The number of rotatable bonds is 8. The van der Waals surface area contributed by atoms with E-state index < -0.39 is 65.8 Å². The van der Waals surface area contributed by atoms with Crippen molar-refractivity contribution in [2.24, 2.45) is 0 Å². The number of nitrogens with one attached hydrogen (secondary N) is 2. The summed E-state index contributed by atoms with van der Waals surface area (Å²) in [5, 5.41) is 5.45. The fraction of sp³-hybridized carbons (Fsp3) is 0.655. The minimum Gasteiger partial charge on any atom is -0.444 e. The molecule has 2 N–H and O–H groups in total. The number of alkyl halides is 2. The normalized spacial score (nSPS) is 22.5. The molecule has 2 aliphatic heterocycles. The second-order valence-electron chi connectivity index (χ2n) is 12.3. The Hall–Kier alpha value is -3.35. The third kappa shape index (κ3) is 9.07. The summed E-state index contributed by atoms with van der Waals surface area (Å²) in [6, 6.07) is 2.20. The fourth-order valence-electron chi connectivity index (χ4n) is 5.21. The Labute approximate surface area is 244 Å². The topological polar surface area (TPSA) is 111 Å². The molecule has 234 valence electrons. The molecule has 10 nitrogen and oxygen atoms in total. The number of likely N-dealkylation sites (N-methyl/N-ethyl adjacent to an activating group) is 1. The van der Waals surface area contributed by atoms with Crippen LogP contribution in [0.3, 0.4) is 0 Å². The molecular weight excluding hydrogens is 555 g/mol. The Balaban J connectivity index is 1.79. The lowest BCUT2D eigenvalue weighted by Crippen LogP contribution is -2.62. The molecule has 42 heavy (non-hydrogen) atoms. The van der Waals surface area contributed by atoms with Crippen molar-refractivity contribution in [2.75, 3.05) is 26.7 Å². The minimum absolute atomic E-state index is 0.135. The van der Waals surface area contributed by atoms with E-state index in [1.54, 1.807) is 32.9 Å². The number of halogens is 3. The van der Waals surface area contributed by atoms with E-state index >= 15 is 0 Å². The average molecular weight is 598 g/mol. The molecule has 0 bridgehead atoms. The molecule has 4 atom stereocenters. The molecule has 0 spiro atoms. The summed E-state index contributed by atoms with van der Waals surface area (Å²) >= 11 is 0. The summed E-state index contributed by atoms with van der Waals surface area (Å²) in [6.45, 7) is 6.90. The molecule has 0 unspecified atom stereocenters. The smallest absolute Gasteiger partial charge is 0.410 e. The van der Waals surface area contributed by atoms with Gasteiger partial charge < -0.3 is 20.3 Å². The lowest BCUT2D eigenvalue weighted by molar-refractivity contribution is -0.146. The number of amides is 4. The van der Waals surface area contributed by atoms with Crippen molar-refractivity contribution in [3.8, 4) is 0 Å². The summed E-state index contributed by atoms with van der Waals surface area (Å²) < 4.78 is 46.6. The average Bonchev–Trinajstić information content (AvgIpc) is 3.30. The number of hydrogen-bond acceptors (Lipinski definition) is 6. The molecule has 1 aromatic rings. The van der Waals surface area contributed by atoms with Crippen LogP contribution in [0.5, 0.6) is 0 Å². The van der Waals surface area contributed by atoms with Crippen LogP contribution in [0.15, 0.2) is 24.3 Å². The monoisotopic (exact) mass is 597 g/mol. The van der Waals surface area contributed by atoms with E-state index in [1.807, 2.05) is 0 Å². The van der Waals surface area contributed by atoms with Gasteiger partial charge in [0.1, 0.15) is 29.5 Å². The summed E-state index contributed by atoms with van der Waals surface area (Å²) in [4.78, 5) is 56.9. The molecule has 3 rings (SSSR count). The molecule has 13 heteroatoms. The molecule has 2 fully saturated rings. The first-order valence-corrected chi connectivity index (χ1v) is 14.2.